The van der Waals surface area contributed by atoms with Gasteiger partial charge in [-0.05, 0) is 29.3 Å². The highest BCUT2D eigenvalue weighted by Crippen LogP contribution is 2.24. The van der Waals surface area contributed by atoms with Crippen LogP contribution in [0.2, 0.25) is 0 Å². The Morgan fingerprint density at radius 1 is 0.929 bits per heavy atom. The first-order valence-electron chi connectivity index (χ1n) is 8.90. The molecule has 0 aliphatic heterocycles. The van der Waals surface area contributed by atoms with Crippen LogP contribution in [0.25, 0.3) is 10.9 Å². The Labute approximate surface area is 167 Å². The molecule has 0 spiro atoms. The predicted octanol–water partition coefficient (Wildman–Crippen LogP) is 4.61. The Hall–Kier alpha value is -3.36. The van der Waals surface area contributed by atoms with Gasteiger partial charge in [-0.3, -0.25) is 9.36 Å². The molecule has 0 atom stereocenters. The molecular weight excluding hydrogens is 366 g/mol. The smallest absolute Gasteiger partial charge is 0.262 e. The topological polar surface area (TPSA) is 58.7 Å². The summed E-state index contributed by atoms with van der Waals surface area (Å²) in [6.45, 7) is 0.458. The summed E-state index contributed by atoms with van der Waals surface area (Å²) in [6, 6.07) is 27.0. The normalized spacial score (nSPS) is 10.7. The molecule has 0 N–H and O–H groups in total. The lowest BCUT2D eigenvalue weighted by Crippen LogP contribution is -2.24. The highest BCUT2D eigenvalue weighted by molar-refractivity contribution is 7.98. The summed E-state index contributed by atoms with van der Waals surface area (Å²) < 4.78 is 1.72. The van der Waals surface area contributed by atoms with Crippen molar-refractivity contribution in [3.05, 3.63) is 106 Å². The Bertz CT molecular complexity index is 1230. The molecule has 4 rings (SSSR count). The first-order chi connectivity index (χ1) is 13.8. The number of para-hydroxylation sites is 1. The van der Waals surface area contributed by atoms with Crippen LogP contribution in [0.15, 0.2) is 88.8 Å². The molecule has 4 nitrogen and oxygen atoms in total. The number of aromatic nitrogens is 2. The van der Waals surface area contributed by atoms with Gasteiger partial charge in [0.2, 0.25) is 0 Å². The Morgan fingerprint density at radius 2 is 1.64 bits per heavy atom. The van der Waals surface area contributed by atoms with Gasteiger partial charge in [0.15, 0.2) is 5.16 Å². The summed E-state index contributed by atoms with van der Waals surface area (Å²) in [5.74, 6) is 0.573. The van der Waals surface area contributed by atoms with E-state index >= 15 is 0 Å². The second-order valence-electron chi connectivity index (χ2n) is 6.35. The number of hydrogen-bond acceptors (Lipinski definition) is 4. The fourth-order valence-corrected chi connectivity index (χ4v) is 4.06. The van der Waals surface area contributed by atoms with Crippen LogP contribution in [0.1, 0.15) is 16.7 Å². The highest BCUT2D eigenvalue weighted by Gasteiger charge is 2.13. The summed E-state index contributed by atoms with van der Waals surface area (Å²) in [4.78, 5) is 17.9. The van der Waals surface area contributed by atoms with Crippen molar-refractivity contribution in [3.63, 3.8) is 0 Å². The van der Waals surface area contributed by atoms with Crippen molar-refractivity contribution in [2.75, 3.05) is 0 Å². The molecule has 136 valence electrons. The summed E-state index contributed by atoms with van der Waals surface area (Å²) in [6.07, 6.45) is 0. The van der Waals surface area contributed by atoms with Crippen molar-refractivity contribution in [3.8, 4) is 6.07 Å². The van der Waals surface area contributed by atoms with Crippen molar-refractivity contribution >= 4 is 22.7 Å². The van der Waals surface area contributed by atoms with E-state index in [1.807, 2.05) is 72.8 Å². The van der Waals surface area contributed by atoms with E-state index in [0.717, 1.165) is 11.1 Å². The number of benzene rings is 3. The van der Waals surface area contributed by atoms with Gasteiger partial charge in [-0.2, -0.15) is 5.26 Å². The Kier molecular flexibility index (Phi) is 5.22. The molecule has 0 amide bonds. The molecule has 5 heteroatoms. The summed E-state index contributed by atoms with van der Waals surface area (Å²) in [5.41, 5.74) is 3.26. The lowest BCUT2D eigenvalue weighted by atomic mass is 10.1. The first-order valence-corrected chi connectivity index (χ1v) is 9.89. The van der Waals surface area contributed by atoms with E-state index in [1.54, 1.807) is 10.6 Å². The van der Waals surface area contributed by atoms with Crippen LogP contribution in [-0.4, -0.2) is 9.55 Å². The third-order valence-electron chi connectivity index (χ3n) is 4.50. The van der Waals surface area contributed by atoms with E-state index in [9.17, 15) is 10.1 Å². The fourth-order valence-electron chi connectivity index (χ4n) is 3.06. The molecule has 0 aliphatic rings. The van der Waals surface area contributed by atoms with Crippen LogP contribution in [0.4, 0.5) is 0 Å². The predicted molar refractivity (Wildman–Crippen MR) is 112 cm³/mol. The standard InChI is InChI=1S/C23H17N3OS/c24-14-18-10-4-5-11-19(18)16-28-23-25-21-13-7-6-12-20(21)22(27)26(23)15-17-8-2-1-3-9-17/h1-13H,15-16H2. The molecular formula is C23H17N3OS. The van der Waals surface area contributed by atoms with Gasteiger partial charge < -0.3 is 0 Å². The molecule has 0 saturated heterocycles. The quantitative estimate of drug-likeness (QED) is 0.373. The first kappa shape index (κ1) is 18.0. The maximum absolute atomic E-state index is 13.1. The lowest BCUT2D eigenvalue weighted by Gasteiger charge is -2.13. The maximum Gasteiger partial charge on any atom is 0.262 e. The number of fused-ring (bicyclic) bond motifs is 1. The second-order valence-corrected chi connectivity index (χ2v) is 7.29. The lowest BCUT2D eigenvalue weighted by molar-refractivity contribution is 0.658. The molecule has 0 bridgehead atoms. The molecule has 28 heavy (non-hydrogen) atoms. The molecule has 1 heterocycles. The third-order valence-corrected chi connectivity index (χ3v) is 5.53. The van der Waals surface area contributed by atoms with Gasteiger partial charge in [0.1, 0.15) is 0 Å². The van der Waals surface area contributed by atoms with Gasteiger partial charge >= 0.3 is 0 Å². The van der Waals surface area contributed by atoms with Gasteiger partial charge in [-0.25, -0.2) is 4.98 Å². The van der Waals surface area contributed by atoms with Gasteiger partial charge in [0.05, 0.1) is 29.1 Å². The minimum Gasteiger partial charge on any atom is -0.283 e. The van der Waals surface area contributed by atoms with Crippen molar-refractivity contribution < 1.29 is 0 Å². The zero-order chi connectivity index (χ0) is 19.3. The van der Waals surface area contributed by atoms with Gasteiger partial charge in [-0.15, -0.1) is 0 Å². The maximum atomic E-state index is 13.1. The van der Waals surface area contributed by atoms with E-state index in [1.165, 1.54) is 11.8 Å². The van der Waals surface area contributed by atoms with E-state index in [0.29, 0.717) is 33.9 Å². The SMILES string of the molecule is N#Cc1ccccc1CSc1nc2ccccc2c(=O)n1Cc1ccccc1. The molecule has 3 aromatic carbocycles. The average molecular weight is 383 g/mol. The summed E-state index contributed by atoms with van der Waals surface area (Å²) in [7, 11) is 0. The van der Waals surface area contributed by atoms with Gasteiger partial charge in [0, 0.05) is 5.75 Å². The van der Waals surface area contributed by atoms with E-state index in [2.05, 4.69) is 6.07 Å². The third kappa shape index (κ3) is 3.68. The average Bonchev–Trinajstić information content (AvgIpc) is 2.75. The summed E-state index contributed by atoms with van der Waals surface area (Å²) >= 11 is 1.48. The minimum absolute atomic E-state index is 0.0504. The zero-order valence-corrected chi connectivity index (χ0v) is 15.9. The molecule has 0 saturated carbocycles. The number of hydrogen-bond donors (Lipinski definition) is 0. The Balaban J connectivity index is 1.76. The van der Waals surface area contributed by atoms with Crippen molar-refractivity contribution in [1.29, 1.82) is 5.26 Å². The molecule has 0 fully saturated rings. The second kappa shape index (κ2) is 8.12. The molecule has 4 aromatic rings. The van der Waals surface area contributed by atoms with Gasteiger partial charge in [0.25, 0.3) is 5.56 Å². The molecule has 1 aromatic heterocycles. The van der Waals surface area contributed by atoms with Crippen LogP contribution in [0, 0.1) is 11.3 Å². The highest BCUT2D eigenvalue weighted by atomic mass is 32.2. The van der Waals surface area contributed by atoms with Gasteiger partial charge in [-0.1, -0.05) is 72.4 Å². The van der Waals surface area contributed by atoms with Crippen molar-refractivity contribution in [2.45, 2.75) is 17.5 Å². The molecule has 0 radical (unpaired) electrons. The van der Waals surface area contributed by atoms with E-state index in [-0.39, 0.29) is 5.56 Å². The largest absolute Gasteiger partial charge is 0.283 e. The van der Waals surface area contributed by atoms with Crippen LogP contribution >= 0.6 is 11.8 Å². The number of rotatable bonds is 5. The molecule has 0 aliphatic carbocycles. The molecule has 0 unspecified atom stereocenters. The van der Waals surface area contributed by atoms with Crippen LogP contribution in [0.5, 0.6) is 0 Å². The Morgan fingerprint density at radius 3 is 2.46 bits per heavy atom. The van der Waals surface area contributed by atoms with Crippen molar-refractivity contribution in [1.82, 2.24) is 9.55 Å². The van der Waals surface area contributed by atoms with E-state index < -0.39 is 0 Å². The number of thioether (sulfide) groups is 1. The number of nitriles is 1. The van der Waals surface area contributed by atoms with E-state index in [4.69, 9.17) is 4.98 Å². The van der Waals surface area contributed by atoms with Crippen molar-refractivity contribution in [2.24, 2.45) is 0 Å². The van der Waals surface area contributed by atoms with Crippen LogP contribution in [-0.2, 0) is 12.3 Å². The monoisotopic (exact) mass is 383 g/mol. The number of nitrogens with zero attached hydrogens (tertiary/aromatic N) is 3. The zero-order valence-electron chi connectivity index (χ0n) is 15.1. The minimum atomic E-state index is -0.0504. The van der Waals surface area contributed by atoms with Crippen LogP contribution < -0.4 is 5.56 Å². The summed E-state index contributed by atoms with van der Waals surface area (Å²) in [5, 5.41) is 10.6. The fraction of sp³-hybridized carbons (Fsp3) is 0.0870. The van der Waals surface area contributed by atoms with Crippen LogP contribution in [0.3, 0.4) is 0 Å².